The number of nitrogens with one attached hydrogen (secondary N) is 1. The first-order chi connectivity index (χ1) is 12.7. The Morgan fingerprint density at radius 3 is 2.32 bits per heavy atom. The van der Waals surface area contributed by atoms with Gasteiger partial charge in [-0.2, -0.15) is 0 Å². The van der Waals surface area contributed by atoms with Gasteiger partial charge in [-0.3, -0.25) is 0 Å². The molecular formula is C22H32IN3O2. The zero-order valence-corrected chi connectivity index (χ0v) is 19.7. The van der Waals surface area contributed by atoms with E-state index in [1.807, 2.05) is 50.2 Å². The normalized spacial score (nSPS) is 11.9. The van der Waals surface area contributed by atoms with Crippen molar-refractivity contribution >= 4 is 35.6 Å². The molecule has 6 heteroatoms. The zero-order chi connectivity index (χ0) is 19.9. The number of rotatable bonds is 7. The summed E-state index contributed by atoms with van der Waals surface area (Å²) in [5, 5.41) is 3.10. The van der Waals surface area contributed by atoms with Gasteiger partial charge in [0.05, 0.1) is 24.9 Å². The zero-order valence-electron chi connectivity index (χ0n) is 17.4. The van der Waals surface area contributed by atoms with Crippen LogP contribution in [0.2, 0.25) is 0 Å². The Balaban J connectivity index is 0.00000392. The number of anilines is 1. The van der Waals surface area contributed by atoms with Crippen LogP contribution in [-0.2, 0) is 17.9 Å². The molecule has 0 amide bonds. The van der Waals surface area contributed by atoms with Crippen molar-refractivity contribution in [1.29, 1.82) is 0 Å². The number of hydrogen-bond acceptors (Lipinski definition) is 3. The minimum atomic E-state index is -0.155. The highest BCUT2D eigenvalue weighted by Gasteiger charge is 2.10. The molecule has 28 heavy (non-hydrogen) atoms. The van der Waals surface area contributed by atoms with E-state index in [1.165, 1.54) is 0 Å². The second kappa shape index (κ2) is 11.3. The minimum Gasteiger partial charge on any atom is -0.491 e. The fourth-order valence-corrected chi connectivity index (χ4v) is 2.37. The number of ether oxygens (including phenoxy) is 2. The molecule has 0 aliphatic heterocycles. The van der Waals surface area contributed by atoms with Crippen molar-refractivity contribution in [2.45, 2.75) is 59.5 Å². The van der Waals surface area contributed by atoms with E-state index in [1.54, 1.807) is 0 Å². The van der Waals surface area contributed by atoms with Crippen molar-refractivity contribution in [1.82, 2.24) is 0 Å². The molecule has 0 aliphatic rings. The van der Waals surface area contributed by atoms with E-state index in [9.17, 15) is 0 Å². The first-order valence-corrected chi connectivity index (χ1v) is 9.27. The third-order valence-electron chi connectivity index (χ3n) is 3.59. The number of halogens is 1. The summed E-state index contributed by atoms with van der Waals surface area (Å²) in [6, 6.07) is 15.9. The Morgan fingerprint density at radius 1 is 1.07 bits per heavy atom. The van der Waals surface area contributed by atoms with Crippen molar-refractivity contribution in [2.24, 2.45) is 10.7 Å². The summed E-state index contributed by atoms with van der Waals surface area (Å²) >= 11 is 0. The van der Waals surface area contributed by atoms with Crippen molar-refractivity contribution in [2.75, 3.05) is 5.32 Å². The summed E-state index contributed by atoms with van der Waals surface area (Å²) in [6.45, 7) is 11.2. The van der Waals surface area contributed by atoms with Crippen LogP contribution in [0.15, 0.2) is 53.5 Å². The molecule has 0 aliphatic carbocycles. The molecule has 2 aromatic rings. The third kappa shape index (κ3) is 9.41. The smallest absolute Gasteiger partial charge is 0.193 e. The molecule has 0 saturated heterocycles. The third-order valence-corrected chi connectivity index (χ3v) is 3.59. The van der Waals surface area contributed by atoms with Gasteiger partial charge < -0.3 is 20.5 Å². The first kappa shape index (κ1) is 24.2. The fourth-order valence-electron chi connectivity index (χ4n) is 2.37. The van der Waals surface area contributed by atoms with Crippen LogP contribution < -0.4 is 15.8 Å². The van der Waals surface area contributed by atoms with Crippen LogP contribution in [0, 0.1) is 0 Å². The van der Waals surface area contributed by atoms with Crippen LogP contribution in [0.25, 0.3) is 0 Å². The van der Waals surface area contributed by atoms with Gasteiger partial charge in [0.25, 0.3) is 0 Å². The molecule has 0 atom stereocenters. The molecule has 154 valence electrons. The van der Waals surface area contributed by atoms with E-state index in [0.29, 0.717) is 19.1 Å². The average molecular weight is 497 g/mol. The summed E-state index contributed by atoms with van der Waals surface area (Å²) in [6.07, 6.45) is 0.153. The molecule has 5 nitrogen and oxygen atoms in total. The number of benzene rings is 2. The largest absolute Gasteiger partial charge is 0.491 e. The van der Waals surface area contributed by atoms with E-state index in [4.69, 9.17) is 15.2 Å². The lowest BCUT2D eigenvalue weighted by Crippen LogP contribution is -2.22. The lowest BCUT2D eigenvalue weighted by molar-refractivity contribution is -0.0149. The second-order valence-corrected chi connectivity index (χ2v) is 7.74. The van der Waals surface area contributed by atoms with Gasteiger partial charge in [-0.05, 0) is 70.0 Å². The SMILES string of the molecule is CC(C)Oc1ccc(NC(N)=NCc2cccc(COC(C)(C)C)c2)cc1.I. The van der Waals surface area contributed by atoms with Gasteiger partial charge in [0.2, 0.25) is 0 Å². The van der Waals surface area contributed by atoms with Gasteiger partial charge in [-0.25, -0.2) is 4.99 Å². The maximum atomic E-state index is 6.01. The topological polar surface area (TPSA) is 68.9 Å². The molecule has 0 heterocycles. The van der Waals surface area contributed by atoms with Crippen LogP contribution in [0.3, 0.4) is 0 Å². The molecule has 0 fully saturated rings. The van der Waals surface area contributed by atoms with E-state index >= 15 is 0 Å². The number of nitrogens with two attached hydrogens (primary N) is 1. The van der Waals surface area contributed by atoms with Gasteiger partial charge in [-0.1, -0.05) is 24.3 Å². The van der Waals surface area contributed by atoms with Crippen molar-refractivity contribution < 1.29 is 9.47 Å². The summed E-state index contributed by atoms with van der Waals surface area (Å²) in [4.78, 5) is 4.42. The standard InChI is InChI=1S/C22H31N3O2.HI/c1-16(2)27-20-11-9-19(10-12-20)25-21(23)24-14-17-7-6-8-18(13-17)15-26-22(3,4)5;/h6-13,16H,14-15H2,1-5H3,(H3,23,24,25);1H. The quantitative estimate of drug-likeness (QED) is 0.308. The van der Waals surface area contributed by atoms with Gasteiger partial charge in [-0.15, -0.1) is 24.0 Å². The van der Waals surface area contributed by atoms with Crippen molar-refractivity contribution in [3.8, 4) is 5.75 Å². The highest BCUT2D eigenvalue weighted by atomic mass is 127. The number of nitrogens with zero attached hydrogens (tertiary/aromatic N) is 1. The molecular weight excluding hydrogens is 465 g/mol. The average Bonchev–Trinajstić information content (AvgIpc) is 2.59. The molecule has 0 unspecified atom stereocenters. The molecule has 0 radical (unpaired) electrons. The van der Waals surface area contributed by atoms with Gasteiger partial charge in [0.15, 0.2) is 5.96 Å². The molecule has 0 spiro atoms. The number of guanidine groups is 1. The molecule has 2 aromatic carbocycles. The Hall–Kier alpha value is -1.80. The lowest BCUT2D eigenvalue weighted by Gasteiger charge is -2.19. The molecule has 2 rings (SSSR count). The van der Waals surface area contributed by atoms with E-state index < -0.39 is 0 Å². The van der Waals surface area contributed by atoms with E-state index in [0.717, 1.165) is 22.6 Å². The maximum absolute atomic E-state index is 6.01. The molecule has 3 N–H and O–H groups in total. The van der Waals surface area contributed by atoms with Gasteiger partial charge in [0, 0.05) is 5.69 Å². The fraction of sp³-hybridized carbons (Fsp3) is 0.409. The summed E-state index contributed by atoms with van der Waals surface area (Å²) in [7, 11) is 0. The number of hydrogen-bond donors (Lipinski definition) is 2. The molecule has 0 aromatic heterocycles. The van der Waals surface area contributed by atoms with Gasteiger partial charge >= 0.3 is 0 Å². The summed E-state index contributed by atoms with van der Waals surface area (Å²) < 4.78 is 11.5. The van der Waals surface area contributed by atoms with Crippen LogP contribution >= 0.6 is 24.0 Å². The van der Waals surface area contributed by atoms with Crippen molar-refractivity contribution in [3.05, 3.63) is 59.7 Å². The maximum Gasteiger partial charge on any atom is 0.193 e. The Morgan fingerprint density at radius 2 is 1.71 bits per heavy atom. The van der Waals surface area contributed by atoms with Gasteiger partial charge in [0.1, 0.15) is 5.75 Å². The van der Waals surface area contributed by atoms with Crippen LogP contribution in [0.5, 0.6) is 5.75 Å². The summed E-state index contributed by atoms with van der Waals surface area (Å²) in [5.41, 5.74) is 8.95. The van der Waals surface area contributed by atoms with Crippen molar-refractivity contribution in [3.63, 3.8) is 0 Å². The Bertz CT molecular complexity index is 753. The van der Waals surface area contributed by atoms with Crippen LogP contribution in [0.1, 0.15) is 45.7 Å². The van der Waals surface area contributed by atoms with Crippen LogP contribution in [-0.4, -0.2) is 17.7 Å². The van der Waals surface area contributed by atoms with E-state index in [2.05, 4.69) is 43.2 Å². The van der Waals surface area contributed by atoms with E-state index in [-0.39, 0.29) is 35.7 Å². The highest BCUT2D eigenvalue weighted by Crippen LogP contribution is 2.17. The molecule has 0 bridgehead atoms. The predicted molar refractivity (Wildman–Crippen MR) is 128 cm³/mol. The predicted octanol–water partition coefficient (Wildman–Crippen LogP) is 5.33. The second-order valence-electron chi connectivity index (χ2n) is 7.74. The molecule has 0 saturated carbocycles. The lowest BCUT2D eigenvalue weighted by atomic mass is 10.1. The minimum absolute atomic E-state index is 0. The highest BCUT2D eigenvalue weighted by molar-refractivity contribution is 14.0. The monoisotopic (exact) mass is 497 g/mol. The summed E-state index contributed by atoms with van der Waals surface area (Å²) in [5.74, 6) is 1.21. The van der Waals surface area contributed by atoms with Crippen LogP contribution in [0.4, 0.5) is 5.69 Å². The first-order valence-electron chi connectivity index (χ1n) is 9.27. The Labute approximate surface area is 185 Å². The Kier molecular flexibility index (Phi) is 9.75. The number of aliphatic imine (C=N–C) groups is 1.